The van der Waals surface area contributed by atoms with Gasteiger partial charge in [0.25, 0.3) is 5.56 Å². The first-order chi connectivity index (χ1) is 11.0. The quantitative estimate of drug-likeness (QED) is 0.701. The molecule has 120 valence electrons. The molecule has 6 heteroatoms. The van der Waals surface area contributed by atoms with Gasteiger partial charge in [-0.15, -0.1) is 22.7 Å². The molecule has 0 aromatic carbocycles. The maximum atomic E-state index is 13.0. The summed E-state index contributed by atoms with van der Waals surface area (Å²) in [6.45, 7) is 5.87. The maximum absolute atomic E-state index is 13.0. The summed E-state index contributed by atoms with van der Waals surface area (Å²) in [6.07, 6.45) is 1.23. The molecule has 0 aliphatic rings. The van der Waals surface area contributed by atoms with Crippen LogP contribution in [0.4, 0.5) is 0 Å². The summed E-state index contributed by atoms with van der Waals surface area (Å²) < 4.78 is 1.63. The predicted octanol–water partition coefficient (Wildman–Crippen LogP) is 4.04. The highest BCUT2D eigenvalue weighted by molar-refractivity contribution is 7.20. The fourth-order valence-electron chi connectivity index (χ4n) is 2.69. The molecule has 4 nitrogen and oxygen atoms in total. The summed E-state index contributed by atoms with van der Waals surface area (Å²) in [7, 11) is 0. The van der Waals surface area contributed by atoms with E-state index in [9.17, 15) is 9.59 Å². The molecule has 3 aromatic rings. The number of nitrogens with zero attached hydrogens (tertiary/aromatic N) is 2. The molecule has 0 aliphatic carbocycles. The normalized spacial score (nSPS) is 11.3. The predicted molar refractivity (Wildman–Crippen MR) is 96.6 cm³/mol. The monoisotopic (exact) mass is 346 g/mol. The zero-order valence-electron chi connectivity index (χ0n) is 13.4. The molecule has 0 saturated heterocycles. The fourth-order valence-corrected chi connectivity index (χ4v) is 4.72. The van der Waals surface area contributed by atoms with Crippen LogP contribution in [-0.2, 0) is 17.8 Å². The van der Waals surface area contributed by atoms with Gasteiger partial charge in [0.2, 0.25) is 0 Å². The van der Waals surface area contributed by atoms with Gasteiger partial charge in [0.05, 0.1) is 5.39 Å². The SMILES string of the molecule is CCc1sc2nc(C)n(CCC(C)=O)c(=O)c2c1-c1cccs1. The third-order valence-corrected chi connectivity index (χ3v) is 5.97. The maximum Gasteiger partial charge on any atom is 0.262 e. The van der Waals surface area contributed by atoms with Crippen LogP contribution in [0.15, 0.2) is 22.3 Å². The van der Waals surface area contributed by atoms with Crippen molar-refractivity contribution < 1.29 is 4.79 Å². The minimum Gasteiger partial charge on any atom is -0.300 e. The van der Waals surface area contributed by atoms with Gasteiger partial charge in [-0.05, 0) is 31.7 Å². The van der Waals surface area contributed by atoms with E-state index < -0.39 is 0 Å². The van der Waals surface area contributed by atoms with E-state index in [1.54, 1.807) is 34.2 Å². The molecule has 0 aliphatic heterocycles. The van der Waals surface area contributed by atoms with Gasteiger partial charge in [-0.1, -0.05) is 13.0 Å². The van der Waals surface area contributed by atoms with Crippen LogP contribution in [-0.4, -0.2) is 15.3 Å². The van der Waals surface area contributed by atoms with Crippen molar-refractivity contribution >= 4 is 38.7 Å². The lowest BCUT2D eigenvalue weighted by Gasteiger charge is -2.08. The first-order valence-electron chi connectivity index (χ1n) is 7.59. The van der Waals surface area contributed by atoms with E-state index in [2.05, 4.69) is 11.9 Å². The second kappa shape index (κ2) is 6.37. The molecule has 0 saturated carbocycles. The Morgan fingerprint density at radius 2 is 2.17 bits per heavy atom. The summed E-state index contributed by atoms with van der Waals surface area (Å²) in [4.78, 5) is 32.0. The molecule has 0 amide bonds. The molecule has 0 unspecified atom stereocenters. The van der Waals surface area contributed by atoms with E-state index in [0.29, 0.717) is 24.2 Å². The Morgan fingerprint density at radius 3 is 2.78 bits per heavy atom. The van der Waals surface area contributed by atoms with Crippen molar-refractivity contribution in [3.05, 3.63) is 38.6 Å². The van der Waals surface area contributed by atoms with Crippen molar-refractivity contribution in [2.24, 2.45) is 0 Å². The Bertz CT molecular complexity index is 920. The molecule has 3 heterocycles. The minimum absolute atomic E-state index is 0.0342. The van der Waals surface area contributed by atoms with Gasteiger partial charge in [-0.3, -0.25) is 14.2 Å². The van der Waals surface area contributed by atoms with Crippen molar-refractivity contribution in [2.75, 3.05) is 0 Å². The number of aryl methyl sites for hydroxylation is 2. The van der Waals surface area contributed by atoms with Crippen molar-refractivity contribution in [3.63, 3.8) is 0 Å². The molecule has 3 aromatic heterocycles. The van der Waals surface area contributed by atoms with Crippen LogP contribution in [0, 0.1) is 6.92 Å². The number of aromatic nitrogens is 2. The lowest BCUT2D eigenvalue weighted by Crippen LogP contribution is -2.24. The lowest BCUT2D eigenvalue weighted by atomic mass is 10.1. The second-order valence-corrected chi connectivity index (χ2v) is 7.51. The van der Waals surface area contributed by atoms with Crippen LogP contribution < -0.4 is 5.56 Å². The molecule has 0 spiro atoms. The molecular formula is C17H18N2O2S2. The Kier molecular flexibility index (Phi) is 4.46. The second-order valence-electron chi connectivity index (χ2n) is 5.48. The van der Waals surface area contributed by atoms with Gasteiger partial charge in [0.15, 0.2) is 0 Å². The standard InChI is InChI=1S/C17H18N2O2S2/c1-4-12-14(13-6-5-9-22-13)15-16(23-12)18-11(3)19(17(15)21)8-7-10(2)20/h5-6,9H,4,7-8H2,1-3H3. The highest BCUT2D eigenvalue weighted by Gasteiger charge is 2.20. The van der Waals surface area contributed by atoms with E-state index in [1.807, 2.05) is 24.4 Å². The zero-order chi connectivity index (χ0) is 16.6. The molecular weight excluding hydrogens is 328 g/mol. The summed E-state index contributed by atoms with van der Waals surface area (Å²) in [5.41, 5.74) is 0.990. The molecule has 3 rings (SSSR count). The van der Waals surface area contributed by atoms with Crippen molar-refractivity contribution in [1.29, 1.82) is 0 Å². The summed E-state index contributed by atoms with van der Waals surface area (Å²) >= 11 is 3.24. The number of hydrogen-bond donors (Lipinski definition) is 0. The zero-order valence-corrected chi connectivity index (χ0v) is 15.0. The Hall–Kier alpha value is -1.79. The summed E-state index contributed by atoms with van der Waals surface area (Å²) in [6, 6.07) is 4.05. The van der Waals surface area contributed by atoms with Gasteiger partial charge in [-0.25, -0.2) is 4.98 Å². The third-order valence-electron chi connectivity index (χ3n) is 3.85. The summed E-state index contributed by atoms with van der Waals surface area (Å²) in [5, 5.41) is 2.72. The Morgan fingerprint density at radius 1 is 1.39 bits per heavy atom. The van der Waals surface area contributed by atoms with Gasteiger partial charge in [0.1, 0.15) is 16.4 Å². The Labute approximate surface area is 142 Å². The van der Waals surface area contributed by atoms with Crippen LogP contribution in [0.25, 0.3) is 20.7 Å². The van der Waals surface area contributed by atoms with Crippen molar-refractivity contribution in [1.82, 2.24) is 9.55 Å². The highest BCUT2D eigenvalue weighted by Crippen LogP contribution is 2.38. The first kappa shape index (κ1) is 16.1. The van der Waals surface area contributed by atoms with Crippen LogP contribution in [0.2, 0.25) is 0 Å². The van der Waals surface area contributed by atoms with Crippen LogP contribution in [0.5, 0.6) is 0 Å². The third kappa shape index (κ3) is 2.88. The van der Waals surface area contributed by atoms with Crippen molar-refractivity contribution in [3.8, 4) is 10.4 Å². The molecule has 0 atom stereocenters. The Balaban J connectivity index is 2.28. The van der Waals surface area contributed by atoms with E-state index in [-0.39, 0.29) is 11.3 Å². The number of carbonyl (C=O) groups is 1. The molecule has 0 radical (unpaired) electrons. The smallest absolute Gasteiger partial charge is 0.262 e. The van der Waals surface area contributed by atoms with Gasteiger partial charge in [-0.2, -0.15) is 0 Å². The van der Waals surface area contributed by atoms with Crippen LogP contribution in [0.1, 0.15) is 31.0 Å². The first-order valence-corrected chi connectivity index (χ1v) is 9.28. The number of ketones is 1. The largest absolute Gasteiger partial charge is 0.300 e. The van der Waals surface area contributed by atoms with Crippen LogP contribution in [0.3, 0.4) is 0 Å². The lowest BCUT2D eigenvalue weighted by molar-refractivity contribution is -0.117. The molecule has 23 heavy (non-hydrogen) atoms. The van der Waals surface area contributed by atoms with E-state index in [1.165, 1.54) is 4.88 Å². The van der Waals surface area contributed by atoms with E-state index >= 15 is 0 Å². The highest BCUT2D eigenvalue weighted by atomic mass is 32.1. The van der Waals surface area contributed by atoms with E-state index in [0.717, 1.165) is 21.7 Å². The number of Topliss-reactive ketones (excluding diaryl/α,β-unsaturated/α-hetero) is 1. The molecule has 0 bridgehead atoms. The van der Waals surface area contributed by atoms with E-state index in [4.69, 9.17) is 0 Å². The number of rotatable bonds is 5. The number of carbonyl (C=O) groups excluding carboxylic acids is 1. The number of fused-ring (bicyclic) bond motifs is 1. The molecule has 0 N–H and O–H groups in total. The fraction of sp³-hybridized carbons (Fsp3) is 0.353. The number of hydrogen-bond acceptors (Lipinski definition) is 5. The minimum atomic E-state index is -0.0342. The topological polar surface area (TPSA) is 52.0 Å². The average Bonchev–Trinajstić information content (AvgIpc) is 3.12. The molecule has 0 fully saturated rings. The summed E-state index contributed by atoms with van der Waals surface area (Å²) in [5.74, 6) is 0.750. The van der Waals surface area contributed by atoms with Gasteiger partial charge < -0.3 is 0 Å². The average molecular weight is 346 g/mol. The van der Waals surface area contributed by atoms with Crippen LogP contribution >= 0.6 is 22.7 Å². The van der Waals surface area contributed by atoms with Gasteiger partial charge in [0, 0.05) is 28.3 Å². The van der Waals surface area contributed by atoms with Gasteiger partial charge >= 0.3 is 0 Å². The van der Waals surface area contributed by atoms with Crippen molar-refractivity contribution in [2.45, 2.75) is 40.2 Å². The number of thiophene rings is 2.